The van der Waals surface area contributed by atoms with Crippen molar-refractivity contribution in [3.8, 4) is 5.69 Å². The maximum atomic E-state index is 11.8. The van der Waals surface area contributed by atoms with Crippen LogP contribution < -0.4 is 11.4 Å². The lowest BCUT2D eigenvalue weighted by Crippen LogP contribution is -2.21. The van der Waals surface area contributed by atoms with Crippen LogP contribution in [0.3, 0.4) is 0 Å². The highest BCUT2D eigenvalue weighted by molar-refractivity contribution is 5.48. The molecule has 0 saturated carbocycles. The molecule has 0 aliphatic rings. The fraction of sp³-hybridized carbons (Fsp3) is 0.182. The summed E-state index contributed by atoms with van der Waals surface area (Å²) in [6, 6.07) is 7.29. The minimum atomic E-state index is -0.0573. The molecule has 1 heterocycles. The Morgan fingerprint density at radius 3 is 2.60 bits per heavy atom. The number of imidazole rings is 1. The van der Waals surface area contributed by atoms with Gasteiger partial charge < -0.3 is 10.3 Å². The quantitative estimate of drug-likeness (QED) is 0.705. The minimum absolute atomic E-state index is 0.0573. The van der Waals surface area contributed by atoms with Crippen molar-refractivity contribution in [2.24, 2.45) is 7.05 Å². The Morgan fingerprint density at radius 1 is 1.33 bits per heavy atom. The SMILES string of the molecule is Cc1cn(C)c(=O)n1-c1cccc(N)c1. The molecule has 78 valence electrons. The van der Waals surface area contributed by atoms with Crippen molar-refractivity contribution in [1.29, 1.82) is 0 Å². The van der Waals surface area contributed by atoms with Crippen molar-refractivity contribution < 1.29 is 0 Å². The fourth-order valence-corrected chi connectivity index (χ4v) is 1.68. The van der Waals surface area contributed by atoms with E-state index in [1.54, 1.807) is 34.5 Å². The maximum absolute atomic E-state index is 11.8. The zero-order chi connectivity index (χ0) is 11.0. The molecule has 2 N–H and O–H groups in total. The third-order valence-corrected chi connectivity index (χ3v) is 2.35. The number of nitrogens with zero attached hydrogens (tertiary/aromatic N) is 2. The van der Waals surface area contributed by atoms with Gasteiger partial charge in [0.2, 0.25) is 0 Å². The fourth-order valence-electron chi connectivity index (χ4n) is 1.68. The van der Waals surface area contributed by atoms with Crippen LogP contribution in [0.2, 0.25) is 0 Å². The Hall–Kier alpha value is -1.97. The second-order valence-corrected chi connectivity index (χ2v) is 3.59. The van der Waals surface area contributed by atoms with E-state index in [9.17, 15) is 4.79 Å². The predicted octanol–water partition coefficient (Wildman–Crippen LogP) is 1.07. The summed E-state index contributed by atoms with van der Waals surface area (Å²) in [6.45, 7) is 1.89. The molecule has 0 unspecified atom stereocenters. The number of hydrogen-bond acceptors (Lipinski definition) is 2. The van der Waals surface area contributed by atoms with Gasteiger partial charge in [-0.2, -0.15) is 0 Å². The summed E-state index contributed by atoms with van der Waals surface area (Å²) in [4.78, 5) is 11.8. The zero-order valence-corrected chi connectivity index (χ0v) is 8.77. The molecule has 1 aromatic carbocycles. The van der Waals surface area contributed by atoms with Crippen molar-refractivity contribution in [3.63, 3.8) is 0 Å². The molecular weight excluding hydrogens is 190 g/mol. The van der Waals surface area contributed by atoms with E-state index in [1.807, 2.05) is 19.1 Å². The van der Waals surface area contributed by atoms with Gasteiger partial charge in [0.15, 0.2) is 0 Å². The van der Waals surface area contributed by atoms with E-state index in [0.29, 0.717) is 5.69 Å². The summed E-state index contributed by atoms with van der Waals surface area (Å²) in [5.41, 5.74) is 7.98. The molecule has 0 fully saturated rings. The largest absolute Gasteiger partial charge is 0.399 e. The molecule has 0 atom stereocenters. The summed E-state index contributed by atoms with van der Waals surface area (Å²) < 4.78 is 3.19. The van der Waals surface area contributed by atoms with Crippen LogP contribution in [0, 0.1) is 6.92 Å². The molecule has 0 bridgehead atoms. The van der Waals surface area contributed by atoms with Gasteiger partial charge in [0.05, 0.1) is 5.69 Å². The molecule has 0 amide bonds. The lowest BCUT2D eigenvalue weighted by atomic mass is 10.3. The number of benzene rings is 1. The molecular formula is C11H13N3O. The highest BCUT2D eigenvalue weighted by Gasteiger charge is 2.06. The summed E-state index contributed by atoms with van der Waals surface area (Å²) in [7, 11) is 1.73. The average Bonchev–Trinajstić information content (AvgIpc) is 2.41. The first-order chi connectivity index (χ1) is 7.09. The Labute approximate surface area is 87.6 Å². The molecule has 0 spiro atoms. The van der Waals surface area contributed by atoms with Crippen LogP contribution in [0.1, 0.15) is 5.69 Å². The minimum Gasteiger partial charge on any atom is -0.399 e. The van der Waals surface area contributed by atoms with Gasteiger partial charge in [0.1, 0.15) is 0 Å². The van der Waals surface area contributed by atoms with E-state index >= 15 is 0 Å². The Morgan fingerprint density at radius 2 is 2.07 bits per heavy atom. The molecule has 4 nitrogen and oxygen atoms in total. The van der Waals surface area contributed by atoms with E-state index in [4.69, 9.17) is 5.73 Å². The number of hydrogen-bond donors (Lipinski definition) is 1. The first-order valence-corrected chi connectivity index (χ1v) is 4.70. The third kappa shape index (κ3) is 1.54. The number of anilines is 1. The van der Waals surface area contributed by atoms with E-state index in [0.717, 1.165) is 11.4 Å². The second kappa shape index (κ2) is 3.31. The summed E-state index contributed by atoms with van der Waals surface area (Å²) >= 11 is 0. The Kier molecular flexibility index (Phi) is 2.11. The van der Waals surface area contributed by atoms with E-state index in [-0.39, 0.29) is 5.69 Å². The summed E-state index contributed by atoms with van der Waals surface area (Å²) in [6.07, 6.45) is 1.80. The normalized spacial score (nSPS) is 10.5. The summed E-state index contributed by atoms with van der Waals surface area (Å²) in [5.74, 6) is 0. The smallest absolute Gasteiger partial charge is 0.332 e. The maximum Gasteiger partial charge on any atom is 0.332 e. The molecule has 0 radical (unpaired) electrons. The molecule has 15 heavy (non-hydrogen) atoms. The van der Waals surface area contributed by atoms with Crippen LogP contribution in [-0.2, 0) is 7.05 Å². The van der Waals surface area contributed by atoms with Crippen molar-refractivity contribution in [2.75, 3.05) is 5.73 Å². The monoisotopic (exact) mass is 203 g/mol. The molecule has 0 aliphatic heterocycles. The predicted molar refractivity (Wildman–Crippen MR) is 60.2 cm³/mol. The standard InChI is InChI=1S/C11H13N3O/c1-8-7-13(2)11(15)14(8)10-5-3-4-9(12)6-10/h3-7H,12H2,1-2H3. The van der Waals surface area contributed by atoms with Gasteiger partial charge in [0.25, 0.3) is 0 Å². The van der Waals surface area contributed by atoms with Gasteiger partial charge in [-0.15, -0.1) is 0 Å². The Balaban J connectivity index is 2.69. The van der Waals surface area contributed by atoms with Crippen molar-refractivity contribution in [3.05, 3.63) is 46.6 Å². The number of aryl methyl sites for hydroxylation is 2. The van der Waals surface area contributed by atoms with Crippen LogP contribution in [0.4, 0.5) is 5.69 Å². The molecule has 1 aromatic heterocycles. The Bertz CT molecular complexity index is 551. The number of nitrogen functional groups attached to an aromatic ring is 1. The molecule has 2 aromatic rings. The van der Waals surface area contributed by atoms with Crippen LogP contribution in [0.25, 0.3) is 5.69 Å². The number of aromatic nitrogens is 2. The first-order valence-electron chi connectivity index (χ1n) is 4.70. The van der Waals surface area contributed by atoms with Crippen LogP contribution >= 0.6 is 0 Å². The number of nitrogens with two attached hydrogens (primary N) is 1. The van der Waals surface area contributed by atoms with Gasteiger partial charge in [0, 0.05) is 24.6 Å². The van der Waals surface area contributed by atoms with Gasteiger partial charge in [-0.3, -0.25) is 4.57 Å². The van der Waals surface area contributed by atoms with Crippen LogP contribution in [0.15, 0.2) is 35.3 Å². The highest BCUT2D eigenvalue weighted by Crippen LogP contribution is 2.11. The molecule has 2 rings (SSSR count). The topological polar surface area (TPSA) is 53.0 Å². The van der Waals surface area contributed by atoms with E-state index in [2.05, 4.69) is 0 Å². The lowest BCUT2D eigenvalue weighted by molar-refractivity contribution is 0.821. The first kappa shape index (κ1) is 9.58. The third-order valence-electron chi connectivity index (χ3n) is 2.35. The highest BCUT2D eigenvalue weighted by atomic mass is 16.1. The lowest BCUT2D eigenvalue weighted by Gasteiger charge is -2.04. The summed E-state index contributed by atoms with van der Waals surface area (Å²) in [5, 5.41) is 0. The second-order valence-electron chi connectivity index (χ2n) is 3.59. The molecule has 0 saturated heterocycles. The van der Waals surface area contributed by atoms with Crippen LogP contribution in [-0.4, -0.2) is 9.13 Å². The molecule has 4 heteroatoms. The van der Waals surface area contributed by atoms with Gasteiger partial charge >= 0.3 is 5.69 Å². The van der Waals surface area contributed by atoms with Gasteiger partial charge in [-0.1, -0.05) is 6.07 Å². The van der Waals surface area contributed by atoms with Crippen molar-refractivity contribution in [1.82, 2.24) is 9.13 Å². The zero-order valence-electron chi connectivity index (χ0n) is 8.77. The average molecular weight is 203 g/mol. The number of rotatable bonds is 1. The van der Waals surface area contributed by atoms with Crippen molar-refractivity contribution in [2.45, 2.75) is 6.92 Å². The van der Waals surface area contributed by atoms with E-state index in [1.165, 1.54) is 0 Å². The van der Waals surface area contributed by atoms with Crippen molar-refractivity contribution >= 4 is 5.69 Å². The van der Waals surface area contributed by atoms with Gasteiger partial charge in [-0.25, -0.2) is 4.79 Å². The molecule has 0 aliphatic carbocycles. The van der Waals surface area contributed by atoms with E-state index < -0.39 is 0 Å². The van der Waals surface area contributed by atoms with Crippen LogP contribution in [0.5, 0.6) is 0 Å². The van der Waals surface area contributed by atoms with Gasteiger partial charge in [-0.05, 0) is 25.1 Å².